The van der Waals surface area contributed by atoms with Crippen LogP contribution in [0, 0.1) is 11.8 Å². The maximum atomic E-state index is 13.9. The highest BCUT2D eigenvalue weighted by molar-refractivity contribution is 5.92. The summed E-state index contributed by atoms with van der Waals surface area (Å²) >= 11 is 0. The van der Waals surface area contributed by atoms with Crippen LogP contribution >= 0.6 is 0 Å². The summed E-state index contributed by atoms with van der Waals surface area (Å²) < 4.78 is 68.6. The predicted octanol–water partition coefficient (Wildman–Crippen LogP) is 4.67. The van der Waals surface area contributed by atoms with Crippen molar-refractivity contribution in [3.8, 4) is 0 Å². The fraction of sp³-hybridized carbons (Fsp3) is 0.577. The van der Waals surface area contributed by atoms with Crippen molar-refractivity contribution >= 4 is 17.6 Å². The fourth-order valence-corrected chi connectivity index (χ4v) is 5.23. The summed E-state index contributed by atoms with van der Waals surface area (Å²) in [4.78, 5) is 34.5. The number of alkyl halides is 5. The van der Waals surface area contributed by atoms with E-state index in [2.05, 4.69) is 25.7 Å². The van der Waals surface area contributed by atoms with Crippen LogP contribution in [0.25, 0.3) is 5.78 Å². The van der Waals surface area contributed by atoms with Gasteiger partial charge in [-0.3, -0.25) is 18.7 Å². The monoisotopic (exact) mass is 567 g/mol. The molecule has 2 saturated carbocycles. The van der Waals surface area contributed by atoms with Crippen LogP contribution in [-0.2, 0) is 11.8 Å². The van der Waals surface area contributed by atoms with Crippen LogP contribution in [0.4, 0.5) is 22.0 Å². The lowest BCUT2D eigenvalue weighted by molar-refractivity contribution is -0.144. The van der Waals surface area contributed by atoms with Crippen LogP contribution in [0.1, 0.15) is 85.3 Å². The van der Waals surface area contributed by atoms with Crippen molar-refractivity contribution in [2.75, 3.05) is 0 Å². The van der Waals surface area contributed by atoms with E-state index in [0.717, 1.165) is 12.8 Å². The second kappa shape index (κ2) is 10.8. The molecule has 0 bridgehead atoms. The number of hydrogen-bond acceptors (Lipinski definition) is 5. The lowest BCUT2D eigenvalue weighted by atomic mass is 9.81. The van der Waals surface area contributed by atoms with Gasteiger partial charge in [0.1, 0.15) is 5.69 Å². The first kappa shape index (κ1) is 28.0. The molecule has 2 amide bonds. The third-order valence-electron chi connectivity index (χ3n) is 7.62. The number of carbonyl (C=O) groups excluding carboxylic acids is 2. The average molecular weight is 568 g/mol. The van der Waals surface area contributed by atoms with E-state index in [-0.39, 0.29) is 43.3 Å². The van der Waals surface area contributed by atoms with E-state index in [9.17, 15) is 31.5 Å². The Kier molecular flexibility index (Phi) is 7.53. The Bertz CT molecular complexity index is 1370. The second-order valence-corrected chi connectivity index (χ2v) is 10.7. The molecular formula is C26H30F5N7O2. The SMILES string of the molecule is Cn1nccc1C(=O)N[C@H](c1cn2ccc(C(NC(=O)CCC(F)(F)F)C3CC3)nc2n1)C1CCC(F)(F)CC1. The normalized spacial score (nSPS) is 19.4. The molecule has 3 heterocycles. The number of hydrogen-bond donors (Lipinski definition) is 2. The van der Waals surface area contributed by atoms with Gasteiger partial charge in [0.25, 0.3) is 5.91 Å². The average Bonchev–Trinajstić information content (AvgIpc) is 3.49. The topological polar surface area (TPSA) is 106 Å². The second-order valence-electron chi connectivity index (χ2n) is 10.7. The summed E-state index contributed by atoms with van der Waals surface area (Å²) in [7, 11) is 1.62. The highest BCUT2D eigenvalue weighted by Crippen LogP contribution is 2.42. The van der Waals surface area contributed by atoms with Crippen molar-refractivity contribution in [3.05, 3.63) is 47.8 Å². The number of nitrogens with one attached hydrogen (secondary N) is 2. The number of fused-ring (bicyclic) bond motifs is 1. The standard InChI is InChI=1S/C26H30F5N7O2/c1-37-19(7-12-32-37)23(40)36-22(16-4-9-25(27,28)10-5-16)18-14-38-13-8-17(33-24(38)34-18)21(15-2-3-15)35-20(39)6-11-26(29,30)31/h7-8,12-16,21-22H,2-6,9-11H2,1H3,(H,35,39)(H,36,40)/t21?,22-/m0/s1. The molecule has 2 fully saturated rings. The van der Waals surface area contributed by atoms with Gasteiger partial charge >= 0.3 is 6.18 Å². The summed E-state index contributed by atoms with van der Waals surface area (Å²) in [5, 5.41) is 9.66. The molecule has 216 valence electrons. The van der Waals surface area contributed by atoms with Crippen LogP contribution in [0.5, 0.6) is 0 Å². The Balaban J connectivity index is 1.39. The molecule has 0 spiro atoms. The number of rotatable bonds is 9. The van der Waals surface area contributed by atoms with Crippen molar-refractivity contribution in [1.82, 2.24) is 34.8 Å². The minimum atomic E-state index is -4.42. The van der Waals surface area contributed by atoms with Gasteiger partial charge in [0.15, 0.2) is 0 Å². The van der Waals surface area contributed by atoms with Crippen LogP contribution in [0.2, 0.25) is 0 Å². The molecule has 0 aliphatic heterocycles. The minimum Gasteiger partial charge on any atom is -0.347 e. The van der Waals surface area contributed by atoms with Crippen LogP contribution < -0.4 is 10.6 Å². The van der Waals surface area contributed by atoms with Gasteiger partial charge in [0.2, 0.25) is 17.6 Å². The Morgan fingerprint density at radius 3 is 2.30 bits per heavy atom. The Hall–Kier alpha value is -3.58. The molecule has 0 saturated heterocycles. The van der Waals surface area contributed by atoms with Gasteiger partial charge in [-0.2, -0.15) is 18.3 Å². The summed E-state index contributed by atoms with van der Waals surface area (Å²) in [5.74, 6) is -3.81. The van der Waals surface area contributed by atoms with Crippen LogP contribution in [-0.4, -0.2) is 48.1 Å². The van der Waals surface area contributed by atoms with E-state index in [4.69, 9.17) is 0 Å². The van der Waals surface area contributed by atoms with Crippen molar-refractivity contribution < 1.29 is 31.5 Å². The summed E-state index contributed by atoms with van der Waals surface area (Å²) in [5.41, 5.74) is 1.23. The molecule has 3 aromatic heterocycles. The minimum absolute atomic E-state index is 0.0639. The maximum Gasteiger partial charge on any atom is 0.389 e. The smallest absolute Gasteiger partial charge is 0.347 e. The van der Waals surface area contributed by atoms with E-state index in [1.807, 2.05) is 0 Å². The third kappa shape index (κ3) is 6.58. The van der Waals surface area contributed by atoms with Gasteiger partial charge in [0.05, 0.1) is 29.9 Å². The summed E-state index contributed by atoms with van der Waals surface area (Å²) in [6.07, 6.45) is -0.00491. The third-order valence-corrected chi connectivity index (χ3v) is 7.62. The molecule has 1 unspecified atom stereocenters. The van der Waals surface area contributed by atoms with E-state index in [0.29, 0.717) is 17.1 Å². The number of halogens is 5. The zero-order valence-electron chi connectivity index (χ0n) is 21.8. The molecule has 0 aromatic carbocycles. The van der Waals surface area contributed by atoms with Gasteiger partial charge in [-0.05, 0) is 49.7 Å². The van der Waals surface area contributed by atoms with Crippen molar-refractivity contribution in [2.45, 2.75) is 75.5 Å². The van der Waals surface area contributed by atoms with Gasteiger partial charge in [0, 0.05) is 44.9 Å². The maximum absolute atomic E-state index is 13.9. The van der Waals surface area contributed by atoms with Gasteiger partial charge < -0.3 is 10.6 Å². The Morgan fingerprint density at radius 2 is 1.68 bits per heavy atom. The van der Waals surface area contributed by atoms with Gasteiger partial charge in [-0.15, -0.1) is 0 Å². The molecule has 0 radical (unpaired) electrons. The quantitative estimate of drug-likeness (QED) is 0.366. The Labute approximate surface area is 226 Å². The molecule has 9 nitrogen and oxygen atoms in total. The van der Waals surface area contributed by atoms with Gasteiger partial charge in [-0.1, -0.05) is 0 Å². The molecule has 40 heavy (non-hydrogen) atoms. The van der Waals surface area contributed by atoms with E-state index in [1.54, 1.807) is 36.0 Å². The molecule has 2 aliphatic rings. The highest BCUT2D eigenvalue weighted by Gasteiger charge is 2.40. The number of carbonyl (C=O) groups is 2. The fourth-order valence-electron chi connectivity index (χ4n) is 5.23. The van der Waals surface area contributed by atoms with Crippen molar-refractivity contribution in [3.63, 3.8) is 0 Å². The van der Waals surface area contributed by atoms with Crippen LogP contribution in [0.3, 0.4) is 0 Å². The predicted molar refractivity (Wildman–Crippen MR) is 132 cm³/mol. The molecule has 5 rings (SSSR count). The molecular weight excluding hydrogens is 537 g/mol. The van der Waals surface area contributed by atoms with E-state index >= 15 is 0 Å². The lowest BCUT2D eigenvalue weighted by Gasteiger charge is -2.33. The van der Waals surface area contributed by atoms with Crippen molar-refractivity contribution in [2.24, 2.45) is 18.9 Å². The number of imidazole rings is 1. The largest absolute Gasteiger partial charge is 0.389 e. The summed E-state index contributed by atoms with van der Waals surface area (Å²) in [6.45, 7) is 0. The zero-order valence-corrected chi connectivity index (χ0v) is 21.8. The molecule has 14 heteroatoms. The van der Waals surface area contributed by atoms with Crippen LogP contribution in [0.15, 0.2) is 30.7 Å². The first-order chi connectivity index (χ1) is 18.9. The first-order valence-electron chi connectivity index (χ1n) is 13.3. The number of amides is 2. The number of aromatic nitrogens is 5. The molecule has 3 aromatic rings. The summed E-state index contributed by atoms with van der Waals surface area (Å²) in [6, 6.07) is 2.02. The Morgan fingerprint density at radius 1 is 1.02 bits per heavy atom. The van der Waals surface area contributed by atoms with E-state index < -0.39 is 48.8 Å². The highest BCUT2D eigenvalue weighted by atomic mass is 19.4. The number of aryl methyl sites for hydroxylation is 1. The lowest BCUT2D eigenvalue weighted by Crippen LogP contribution is -2.38. The molecule has 2 aliphatic carbocycles. The molecule has 2 N–H and O–H groups in total. The molecule has 2 atom stereocenters. The van der Waals surface area contributed by atoms with E-state index in [1.165, 1.54) is 10.9 Å². The van der Waals surface area contributed by atoms with Crippen molar-refractivity contribution in [1.29, 1.82) is 0 Å². The van der Waals surface area contributed by atoms with Gasteiger partial charge in [-0.25, -0.2) is 18.7 Å². The first-order valence-corrected chi connectivity index (χ1v) is 13.3. The zero-order chi connectivity index (χ0) is 28.7. The number of nitrogens with zero attached hydrogens (tertiary/aromatic N) is 5.